The van der Waals surface area contributed by atoms with Crippen LogP contribution < -0.4 is 5.32 Å². The van der Waals surface area contributed by atoms with E-state index in [1.165, 1.54) is 25.8 Å². The van der Waals surface area contributed by atoms with Gasteiger partial charge in [-0.1, -0.05) is 41.8 Å². The van der Waals surface area contributed by atoms with Crippen LogP contribution in [0.5, 0.6) is 0 Å². The van der Waals surface area contributed by atoms with Gasteiger partial charge >= 0.3 is 0 Å². The summed E-state index contributed by atoms with van der Waals surface area (Å²) < 4.78 is 0. The Labute approximate surface area is 119 Å². The molecular formula is C14H20Cl2N2. The number of hydrogen-bond donors (Lipinski definition) is 1. The molecule has 1 atom stereocenters. The van der Waals surface area contributed by atoms with Crippen molar-refractivity contribution in [3.63, 3.8) is 0 Å². The van der Waals surface area contributed by atoms with Crippen molar-refractivity contribution >= 4 is 23.2 Å². The molecule has 2 nitrogen and oxygen atoms in total. The molecule has 0 spiro atoms. The number of piperidine rings is 1. The molecule has 0 aliphatic carbocycles. The largest absolute Gasteiger partial charge is 0.311 e. The van der Waals surface area contributed by atoms with Crippen LogP contribution in [0.4, 0.5) is 0 Å². The summed E-state index contributed by atoms with van der Waals surface area (Å²) in [5, 5.41) is 4.79. The van der Waals surface area contributed by atoms with Crippen LogP contribution >= 0.6 is 23.2 Å². The molecule has 0 aromatic heterocycles. The minimum absolute atomic E-state index is 0.630. The van der Waals surface area contributed by atoms with E-state index in [4.69, 9.17) is 23.2 Å². The lowest BCUT2D eigenvalue weighted by Gasteiger charge is -2.32. The number of benzene rings is 1. The lowest BCUT2D eigenvalue weighted by atomic mass is 10.0. The summed E-state index contributed by atoms with van der Waals surface area (Å²) in [6.45, 7) is 3.01. The second kappa shape index (κ2) is 6.76. The average Bonchev–Trinajstić information content (AvgIpc) is 2.37. The van der Waals surface area contributed by atoms with Gasteiger partial charge in [0.25, 0.3) is 0 Å². The van der Waals surface area contributed by atoms with Crippen LogP contribution in [0.2, 0.25) is 10.0 Å². The molecule has 1 aromatic rings. The predicted octanol–water partition coefficient (Wildman–Crippen LogP) is 3.57. The first-order chi connectivity index (χ1) is 8.68. The number of likely N-dealkylation sites (N-methyl/N-ethyl adjacent to an activating group) is 1. The van der Waals surface area contributed by atoms with Gasteiger partial charge in [0.15, 0.2) is 0 Å². The van der Waals surface area contributed by atoms with E-state index in [0.29, 0.717) is 16.1 Å². The van der Waals surface area contributed by atoms with E-state index in [1.54, 1.807) is 0 Å². The average molecular weight is 287 g/mol. The summed E-state index contributed by atoms with van der Waals surface area (Å²) in [5.74, 6) is 0. The van der Waals surface area contributed by atoms with Gasteiger partial charge in [0, 0.05) is 19.1 Å². The van der Waals surface area contributed by atoms with Crippen LogP contribution in [0.15, 0.2) is 18.2 Å². The van der Waals surface area contributed by atoms with Crippen molar-refractivity contribution in [1.82, 2.24) is 10.2 Å². The summed E-state index contributed by atoms with van der Waals surface area (Å²) in [5.41, 5.74) is 1.07. The molecule has 1 heterocycles. The van der Waals surface area contributed by atoms with Crippen molar-refractivity contribution in [2.45, 2.75) is 31.8 Å². The van der Waals surface area contributed by atoms with Crippen LogP contribution in [0, 0.1) is 0 Å². The molecule has 0 radical (unpaired) electrons. The number of likely N-dealkylation sites (tertiary alicyclic amines) is 1. The van der Waals surface area contributed by atoms with Gasteiger partial charge < -0.3 is 10.2 Å². The van der Waals surface area contributed by atoms with Gasteiger partial charge in [0.05, 0.1) is 10.0 Å². The molecule has 100 valence electrons. The molecule has 0 amide bonds. The standard InChI is InChI=1S/C14H20Cl2N2/c1-18-8-3-2-6-12(18)10-17-9-11-5-4-7-13(15)14(11)16/h4-5,7,12,17H,2-3,6,8-10H2,1H3. The Morgan fingerprint density at radius 2 is 2.17 bits per heavy atom. The highest BCUT2D eigenvalue weighted by atomic mass is 35.5. The lowest BCUT2D eigenvalue weighted by Crippen LogP contribution is -2.42. The molecule has 18 heavy (non-hydrogen) atoms. The third-order valence-electron chi connectivity index (χ3n) is 3.65. The van der Waals surface area contributed by atoms with E-state index < -0.39 is 0 Å². The third kappa shape index (κ3) is 3.61. The molecule has 1 aromatic carbocycles. The topological polar surface area (TPSA) is 15.3 Å². The van der Waals surface area contributed by atoms with Gasteiger partial charge in [-0.15, -0.1) is 0 Å². The van der Waals surface area contributed by atoms with Crippen molar-refractivity contribution in [3.8, 4) is 0 Å². The highest BCUT2D eigenvalue weighted by molar-refractivity contribution is 6.42. The van der Waals surface area contributed by atoms with Crippen LogP contribution in [0.1, 0.15) is 24.8 Å². The molecule has 1 N–H and O–H groups in total. The second-order valence-corrected chi connectivity index (χ2v) is 5.76. The maximum absolute atomic E-state index is 6.16. The van der Waals surface area contributed by atoms with E-state index in [9.17, 15) is 0 Å². The molecule has 1 fully saturated rings. The van der Waals surface area contributed by atoms with Gasteiger partial charge in [-0.05, 0) is 38.1 Å². The number of rotatable bonds is 4. The first kappa shape index (κ1) is 14.1. The number of halogens is 2. The summed E-state index contributed by atoms with van der Waals surface area (Å²) in [7, 11) is 2.21. The Balaban J connectivity index is 1.83. The first-order valence-electron chi connectivity index (χ1n) is 6.52. The molecule has 4 heteroatoms. The Morgan fingerprint density at radius 1 is 1.33 bits per heavy atom. The Hall–Kier alpha value is -0.280. The van der Waals surface area contributed by atoms with Crippen molar-refractivity contribution < 1.29 is 0 Å². The maximum atomic E-state index is 6.16. The number of nitrogens with one attached hydrogen (secondary N) is 1. The second-order valence-electron chi connectivity index (χ2n) is 4.97. The molecule has 2 rings (SSSR count). The zero-order chi connectivity index (χ0) is 13.0. The van der Waals surface area contributed by atoms with Crippen molar-refractivity contribution in [1.29, 1.82) is 0 Å². The van der Waals surface area contributed by atoms with Crippen molar-refractivity contribution in [3.05, 3.63) is 33.8 Å². The fourth-order valence-corrected chi connectivity index (χ4v) is 2.85. The van der Waals surface area contributed by atoms with E-state index in [-0.39, 0.29) is 0 Å². The van der Waals surface area contributed by atoms with Gasteiger partial charge in [0.2, 0.25) is 0 Å². The SMILES string of the molecule is CN1CCCCC1CNCc1cccc(Cl)c1Cl. The van der Waals surface area contributed by atoms with Crippen molar-refractivity contribution in [2.24, 2.45) is 0 Å². The zero-order valence-electron chi connectivity index (χ0n) is 10.8. The third-order valence-corrected chi connectivity index (χ3v) is 4.51. The summed E-state index contributed by atoms with van der Waals surface area (Å²) >= 11 is 12.2. The van der Waals surface area contributed by atoms with E-state index in [2.05, 4.69) is 17.3 Å². The van der Waals surface area contributed by atoms with Crippen LogP contribution in [0.3, 0.4) is 0 Å². The Kier molecular flexibility index (Phi) is 5.31. The number of nitrogens with zero attached hydrogens (tertiary/aromatic N) is 1. The summed E-state index contributed by atoms with van der Waals surface area (Å²) in [6, 6.07) is 6.43. The Bertz CT molecular complexity index is 395. The summed E-state index contributed by atoms with van der Waals surface area (Å²) in [6.07, 6.45) is 3.95. The quantitative estimate of drug-likeness (QED) is 0.910. The fraction of sp³-hybridized carbons (Fsp3) is 0.571. The molecular weight excluding hydrogens is 267 g/mol. The highest BCUT2D eigenvalue weighted by Crippen LogP contribution is 2.25. The van der Waals surface area contributed by atoms with E-state index in [0.717, 1.165) is 18.7 Å². The molecule has 1 unspecified atom stereocenters. The molecule has 1 saturated heterocycles. The molecule has 0 bridgehead atoms. The van der Waals surface area contributed by atoms with Crippen LogP contribution in [0.25, 0.3) is 0 Å². The van der Waals surface area contributed by atoms with Crippen molar-refractivity contribution in [2.75, 3.05) is 20.1 Å². The number of hydrogen-bond acceptors (Lipinski definition) is 2. The monoisotopic (exact) mass is 286 g/mol. The minimum atomic E-state index is 0.630. The molecule has 1 aliphatic rings. The van der Waals surface area contributed by atoms with E-state index in [1.807, 2.05) is 18.2 Å². The van der Waals surface area contributed by atoms with Crippen LogP contribution in [-0.4, -0.2) is 31.1 Å². The predicted molar refractivity (Wildman–Crippen MR) is 78.4 cm³/mol. The molecule has 0 saturated carbocycles. The normalized spacial score (nSPS) is 21.2. The lowest BCUT2D eigenvalue weighted by molar-refractivity contribution is 0.181. The fourth-order valence-electron chi connectivity index (χ4n) is 2.46. The van der Waals surface area contributed by atoms with Gasteiger partial charge in [-0.2, -0.15) is 0 Å². The van der Waals surface area contributed by atoms with Gasteiger partial charge in [-0.25, -0.2) is 0 Å². The molecule has 1 aliphatic heterocycles. The first-order valence-corrected chi connectivity index (χ1v) is 7.28. The van der Waals surface area contributed by atoms with E-state index >= 15 is 0 Å². The van der Waals surface area contributed by atoms with Crippen LogP contribution in [-0.2, 0) is 6.54 Å². The Morgan fingerprint density at radius 3 is 2.94 bits per heavy atom. The van der Waals surface area contributed by atoms with Gasteiger partial charge in [0.1, 0.15) is 0 Å². The maximum Gasteiger partial charge on any atom is 0.0637 e. The van der Waals surface area contributed by atoms with Gasteiger partial charge in [-0.3, -0.25) is 0 Å². The summed E-state index contributed by atoms with van der Waals surface area (Å²) in [4.78, 5) is 2.44. The zero-order valence-corrected chi connectivity index (χ0v) is 12.3. The highest BCUT2D eigenvalue weighted by Gasteiger charge is 2.18. The smallest absolute Gasteiger partial charge is 0.0637 e. The minimum Gasteiger partial charge on any atom is -0.311 e.